The molecule has 0 atom stereocenters. The molecule has 0 aliphatic carbocycles. The summed E-state index contributed by atoms with van der Waals surface area (Å²) >= 11 is 3.35. The molecule has 5 heteroatoms. The molecule has 2 aromatic rings. The third-order valence-electron chi connectivity index (χ3n) is 2.46. The molecule has 0 amide bonds. The topological polar surface area (TPSA) is 47.3 Å². The van der Waals surface area contributed by atoms with Gasteiger partial charge in [-0.15, -0.1) is 0 Å². The Balaban J connectivity index is 2.36. The summed E-state index contributed by atoms with van der Waals surface area (Å²) in [4.78, 5) is 0. The van der Waals surface area contributed by atoms with E-state index in [-0.39, 0.29) is 5.82 Å². The highest BCUT2D eigenvalue weighted by Crippen LogP contribution is 2.31. The van der Waals surface area contributed by atoms with Crippen molar-refractivity contribution in [1.29, 1.82) is 0 Å². The first-order valence-corrected chi connectivity index (χ1v) is 6.05. The number of nitrogens with two attached hydrogens (primary N) is 1. The Morgan fingerprint density at radius 1 is 1.17 bits per heavy atom. The standard InChI is InChI=1S/C13H12BrFN2O/c1-18-9-3-5-11(16)13(7-9)17-12-6-8(15)2-4-10(12)14/h2-7,17H,16H2,1H3. The molecule has 0 aromatic heterocycles. The van der Waals surface area contributed by atoms with Gasteiger partial charge in [0.25, 0.3) is 0 Å². The van der Waals surface area contributed by atoms with Crippen LogP contribution >= 0.6 is 15.9 Å². The van der Waals surface area contributed by atoms with Crippen molar-refractivity contribution in [1.82, 2.24) is 0 Å². The van der Waals surface area contributed by atoms with Crippen molar-refractivity contribution in [3.63, 3.8) is 0 Å². The van der Waals surface area contributed by atoms with Crippen LogP contribution in [0.3, 0.4) is 0 Å². The minimum atomic E-state index is -0.317. The number of nitrogen functional groups attached to an aromatic ring is 1. The Morgan fingerprint density at radius 3 is 2.67 bits per heavy atom. The average Bonchev–Trinajstić information content (AvgIpc) is 2.36. The smallest absolute Gasteiger partial charge is 0.125 e. The van der Waals surface area contributed by atoms with E-state index in [0.717, 1.165) is 4.47 Å². The van der Waals surface area contributed by atoms with Crippen LogP contribution in [0.1, 0.15) is 0 Å². The van der Waals surface area contributed by atoms with Crippen LogP contribution in [-0.2, 0) is 0 Å². The van der Waals surface area contributed by atoms with Gasteiger partial charge in [-0.1, -0.05) is 0 Å². The molecule has 0 spiro atoms. The van der Waals surface area contributed by atoms with E-state index >= 15 is 0 Å². The van der Waals surface area contributed by atoms with Crippen molar-refractivity contribution < 1.29 is 9.13 Å². The van der Waals surface area contributed by atoms with Crippen LogP contribution in [0.2, 0.25) is 0 Å². The van der Waals surface area contributed by atoms with Crippen LogP contribution in [0.25, 0.3) is 0 Å². The summed E-state index contributed by atoms with van der Waals surface area (Å²) in [5.41, 5.74) is 7.69. The van der Waals surface area contributed by atoms with Crippen molar-refractivity contribution in [2.24, 2.45) is 0 Å². The van der Waals surface area contributed by atoms with Crippen LogP contribution in [0.15, 0.2) is 40.9 Å². The number of hydrogen-bond donors (Lipinski definition) is 2. The number of halogens is 2. The van der Waals surface area contributed by atoms with E-state index in [4.69, 9.17) is 10.5 Å². The van der Waals surface area contributed by atoms with Crippen LogP contribution < -0.4 is 15.8 Å². The van der Waals surface area contributed by atoms with Gasteiger partial charge in [-0.2, -0.15) is 0 Å². The molecular formula is C13H12BrFN2O. The second-order valence-corrected chi connectivity index (χ2v) is 4.56. The average molecular weight is 311 g/mol. The Labute approximate surface area is 113 Å². The number of benzene rings is 2. The van der Waals surface area contributed by atoms with E-state index in [1.54, 1.807) is 31.4 Å². The van der Waals surface area contributed by atoms with E-state index in [9.17, 15) is 4.39 Å². The third-order valence-corrected chi connectivity index (χ3v) is 3.15. The second kappa shape index (κ2) is 5.27. The molecule has 0 aliphatic heterocycles. The first-order chi connectivity index (χ1) is 8.60. The number of ether oxygens (including phenoxy) is 1. The van der Waals surface area contributed by atoms with Gasteiger partial charge in [-0.3, -0.25) is 0 Å². The monoisotopic (exact) mass is 310 g/mol. The number of rotatable bonds is 3. The Morgan fingerprint density at radius 2 is 1.94 bits per heavy atom. The largest absolute Gasteiger partial charge is 0.497 e. The quantitative estimate of drug-likeness (QED) is 0.845. The number of anilines is 3. The highest BCUT2D eigenvalue weighted by molar-refractivity contribution is 9.10. The maximum Gasteiger partial charge on any atom is 0.125 e. The minimum absolute atomic E-state index is 0.317. The highest BCUT2D eigenvalue weighted by atomic mass is 79.9. The summed E-state index contributed by atoms with van der Waals surface area (Å²) in [5, 5.41) is 3.06. The first-order valence-electron chi connectivity index (χ1n) is 5.26. The summed E-state index contributed by atoms with van der Waals surface area (Å²) < 4.78 is 19.1. The number of hydrogen-bond acceptors (Lipinski definition) is 3. The Hall–Kier alpha value is -1.75. The summed E-state index contributed by atoms with van der Waals surface area (Å²) in [5.74, 6) is 0.362. The normalized spacial score (nSPS) is 10.2. The number of methoxy groups -OCH3 is 1. The van der Waals surface area contributed by atoms with E-state index < -0.39 is 0 Å². The molecular weight excluding hydrogens is 299 g/mol. The lowest BCUT2D eigenvalue weighted by atomic mass is 10.2. The van der Waals surface area contributed by atoms with Gasteiger partial charge in [-0.25, -0.2) is 4.39 Å². The SMILES string of the molecule is COc1ccc(N)c(Nc2cc(F)ccc2Br)c1. The summed E-state index contributed by atoms with van der Waals surface area (Å²) in [6, 6.07) is 9.66. The van der Waals surface area contributed by atoms with E-state index in [2.05, 4.69) is 21.2 Å². The summed E-state index contributed by atoms with van der Waals surface area (Å²) in [7, 11) is 1.58. The summed E-state index contributed by atoms with van der Waals surface area (Å²) in [6.07, 6.45) is 0. The minimum Gasteiger partial charge on any atom is -0.497 e. The molecule has 2 aromatic carbocycles. The van der Waals surface area contributed by atoms with Gasteiger partial charge in [0.05, 0.1) is 24.2 Å². The van der Waals surface area contributed by atoms with Gasteiger partial charge in [-0.05, 0) is 46.3 Å². The zero-order chi connectivity index (χ0) is 13.1. The highest BCUT2D eigenvalue weighted by Gasteiger charge is 2.06. The molecule has 0 saturated heterocycles. The Kier molecular flexibility index (Phi) is 3.72. The first kappa shape index (κ1) is 12.7. The molecule has 0 heterocycles. The Bertz CT molecular complexity index is 575. The molecule has 0 unspecified atom stereocenters. The fourth-order valence-corrected chi connectivity index (χ4v) is 1.85. The fourth-order valence-electron chi connectivity index (χ4n) is 1.51. The van der Waals surface area contributed by atoms with Crippen molar-refractivity contribution in [2.45, 2.75) is 0 Å². The van der Waals surface area contributed by atoms with Crippen molar-refractivity contribution in [2.75, 3.05) is 18.2 Å². The lowest BCUT2D eigenvalue weighted by molar-refractivity contribution is 0.415. The molecule has 0 bridgehead atoms. The lowest BCUT2D eigenvalue weighted by Gasteiger charge is -2.12. The van der Waals surface area contributed by atoms with Gasteiger partial charge in [0.15, 0.2) is 0 Å². The molecule has 0 saturated carbocycles. The molecule has 0 radical (unpaired) electrons. The molecule has 18 heavy (non-hydrogen) atoms. The predicted octanol–water partition coefficient (Wildman–Crippen LogP) is 3.92. The second-order valence-electron chi connectivity index (χ2n) is 3.70. The fraction of sp³-hybridized carbons (Fsp3) is 0.0769. The van der Waals surface area contributed by atoms with Crippen LogP contribution in [-0.4, -0.2) is 7.11 Å². The van der Waals surface area contributed by atoms with Gasteiger partial charge in [0.2, 0.25) is 0 Å². The van der Waals surface area contributed by atoms with E-state index in [1.165, 1.54) is 12.1 Å². The van der Waals surface area contributed by atoms with E-state index in [1.807, 2.05) is 0 Å². The van der Waals surface area contributed by atoms with Crippen LogP contribution in [0.5, 0.6) is 5.75 Å². The maximum atomic E-state index is 13.2. The zero-order valence-electron chi connectivity index (χ0n) is 9.71. The molecule has 2 rings (SSSR count). The van der Waals surface area contributed by atoms with Crippen LogP contribution in [0, 0.1) is 5.82 Å². The maximum absolute atomic E-state index is 13.2. The molecule has 0 aliphatic rings. The number of nitrogens with one attached hydrogen (secondary N) is 1. The van der Waals surface area contributed by atoms with Gasteiger partial charge < -0.3 is 15.8 Å². The van der Waals surface area contributed by atoms with Gasteiger partial charge >= 0.3 is 0 Å². The van der Waals surface area contributed by atoms with Crippen molar-refractivity contribution in [3.05, 3.63) is 46.7 Å². The van der Waals surface area contributed by atoms with Crippen LogP contribution in [0.4, 0.5) is 21.5 Å². The summed E-state index contributed by atoms with van der Waals surface area (Å²) in [6.45, 7) is 0. The molecule has 94 valence electrons. The van der Waals surface area contributed by atoms with E-state index in [0.29, 0.717) is 22.8 Å². The molecule has 3 N–H and O–H groups in total. The van der Waals surface area contributed by atoms with Gasteiger partial charge in [0, 0.05) is 10.5 Å². The molecule has 3 nitrogen and oxygen atoms in total. The third kappa shape index (κ3) is 2.73. The predicted molar refractivity (Wildman–Crippen MR) is 74.8 cm³/mol. The zero-order valence-corrected chi connectivity index (χ0v) is 11.3. The van der Waals surface area contributed by atoms with Gasteiger partial charge in [0.1, 0.15) is 11.6 Å². The lowest BCUT2D eigenvalue weighted by Crippen LogP contribution is -1.98. The van der Waals surface area contributed by atoms with Crippen molar-refractivity contribution in [3.8, 4) is 5.75 Å². The van der Waals surface area contributed by atoms with Crippen molar-refractivity contribution >= 4 is 33.0 Å². The molecule has 0 fully saturated rings.